The highest BCUT2D eigenvalue weighted by Gasteiger charge is 2.21. The van der Waals surface area contributed by atoms with Crippen LogP contribution < -0.4 is 22.5 Å². The smallest absolute Gasteiger partial charge is 0.280 e. The van der Waals surface area contributed by atoms with Crippen molar-refractivity contribution in [2.45, 2.75) is 25.4 Å². The molecule has 30 heavy (non-hydrogen) atoms. The van der Waals surface area contributed by atoms with E-state index in [-0.39, 0.29) is 34.5 Å². The van der Waals surface area contributed by atoms with Crippen LogP contribution in [0, 0.1) is 12.3 Å². The molecule has 156 valence electrons. The minimum atomic E-state index is -0.651. The fourth-order valence-electron chi connectivity index (χ4n) is 3.13. The average Bonchev–Trinajstić information content (AvgIpc) is 2.72. The molecule has 1 fully saturated rings. The van der Waals surface area contributed by atoms with Gasteiger partial charge in [-0.1, -0.05) is 17.5 Å². The maximum atomic E-state index is 12.3. The first-order valence-electron chi connectivity index (χ1n) is 9.21. The molecule has 0 unspecified atom stereocenters. The summed E-state index contributed by atoms with van der Waals surface area (Å²) >= 11 is 5.80. The molecule has 3 heterocycles. The molecule has 1 saturated heterocycles. The number of carbonyl (C=O) groups is 1. The molecule has 11 heteroatoms. The Morgan fingerprint density at radius 3 is 2.73 bits per heavy atom. The van der Waals surface area contributed by atoms with Crippen LogP contribution in [0.4, 0.5) is 11.6 Å². The van der Waals surface area contributed by atoms with Crippen LogP contribution in [0.1, 0.15) is 34.5 Å². The molecule has 2 aromatic rings. The van der Waals surface area contributed by atoms with Crippen LogP contribution in [-0.2, 0) is 6.54 Å². The van der Waals surface area contributed by atoms with E-state index in [0.29, 0.717) is 0 Å². The lowest BCUT2D eigenvalue weighted by molar-refractivity contribution is 0.0972. The summed E-state index contributed by atoms with van der Waals surface area (Å²) in [4.78, 5) is 30.8. The molecule has 1 aliphatic rings. The van der Waals surface area contributed by atoms with E-state index in [1.807, 2.05) is 12.3 Å². The lowest BCUT2D eigenvalue weighted by Crippen LogP contribution is -2.40. The van der Waals surface area contributed by atoms with Crippen LogP contribution in [0.15, 0.2) is 23.5 Å². The van der Waals surface area contributed by atoms with E-state index in [0.717, 1.165) is 43.6 Å². The zero-order valence-corrected chi connectivity index (χ0v) is 16.9. The number of aromatic nitrogens is 3. The normalized spacial score (nSPS) is 15.5. The van der Waals surface area contributed by atoms with Gasteiger partial charge in [0.25, 0.3) is 5.91 Å². The van der Waals surface area contributed by atoms with Crippen LogP contribution in [0.2, 0.25) is 5.15 Å². The largest absolute Gasteiger partial charge is 0.382 e. The van der Waals surface area contributed by atoms with E-state index in [4.69, 9.17) is 35.2 Å². The van der Waals surface area contributed by atoms with Gasteiger partial charge in [-0.3, -0.25) is 20.0 Å². The van der Waals surface area contributed by atoms with Gasteiger partial charge in [-0.2, -0.15) is 0 Å². The second-order valence-electron chi connectivity index (χ2n) is 6.84. The van der Waals surface area contributed by atoms with E-state index in [1.165, 1.54) is 0 Å². The van der Waals surface area contributed by atoms with Crippen molar-refractivity contribution in [2.24, 2.45) is 10.7 Å². The fourth-order valence-corrected chi connectivity index (χ4v) is 3.26. The van der Waals surface area contributed by atoms with E-state index < -0.39 is 5.91 Å². The predicted molar refractivity (Wildman–Crippen MR) is 115 cm³/mol. The summed E-state index contributed by atoms with van der Waals surface area (Å²) < 4.78 is 0. The van der Waals surface area contributed by atoms with Gasteiger partial charge in [0.05, 0.1) is 6.04 Å². The predicted octanol–water partition coefficient (Wildman–Crippen LogP) is 0.380. The quantitative estimate of drug-likeness (QED) is 0.309. The third-order valence-corrected chi connectivity index (χ3v) is 4.89. The number of carbonyl (C=O) groups excluding carboxylic acids is 1. The maximum absolute atomic E-state index is 12.3. The number of guanidine groups is 1. The van der Waals surface area contributed by atoms with Gasteiger partial charge < -0.3 is 17.2 Å². The molecular formula is C19H22ClN9O. The molecule has 0 bridgehead atoms. The van der Waals surface area contributed by atoms with Gasteiger partial charge >= 0.3 is 0 Å². The summed E-state index contributed by atoms with van der Waals surface area (Å²) in [5, 5.41) is 2.35. The molecule has 0 atom stereocenters. The zero-order valence-electron chi connectivity index (χ0n) is 16.2. The van der Waals surface area contributed by atoms with Crippen LogP contribution in [0.25, 0.3) is 0 Å². The van der Waals surface area contributed by atoms with Gasteiger partial charge in [0.15, 0.2) is 28.4 Å². The number of anilines is 2. The highest BCUT2D eigenvalue weighted by atomic mass is 35.5. The highest BCUT2D eigenvalue weighted by molar-refractivity contribution is 6.31. The molecular weight excluding hydrogens is 406 g/mol. The molecule has 3 rings (SSSR count). The molecule has 10 nitrogen and oxygen atoms in total. The molecule has 0 spiro atoms. The molecule has 7 N–H and O–H groups in total. The van der Waals surface area contributed by atoms with Crippen molar-refractivity contribution in [3.63, 3.8) is 0 Å². The molecule has 0 aromatic carbocycles. The van der Waals surface area contributed by atoms with Gasteiger partial charge in [-0.15, -0.1) is 6.42 Å². The summed E-state index contributed by atoms with van der Waals surface area (Å²) in [6.45, 7) is 2.43. The first kappa shape index (κ1) is 21.3. The number of aliphatic imine (C=N–C) groups is 1. The van der Waals surface area contributed by atoms with Crippen molar-refractivity contribution in [3.05, 3.63) is 40.4 Å². The number of likely N-dealkylation sites (tertiary alicyclic amines) is 1. The Kier molecular flexibility index (Phi) is 6.66. The van der Waals surface area contributed by atoms with Gasteiger partial charge in [-0.05, 0) is 24.5 Å². The Labute approximate surface area is 178 Å². The SMILES string of the molecule is C#Cc1cncc(CN2CCC(N=C(N)NC(=O)c3nc(Cl)c(N)nc3N)CC2)c1. The summed E-state index contributed by atoms with van der Waals surface area (Å²) in [7, 11) is 0. The van der Waals surface area contributed by atoms with Gasteiger partial charge in [-0.25, -0.2) is 15.0 Å². The lowest BCUT2D eigenvalue weighted by atomic mass is 10.0. The van der Waals surface area contributed by atoms with Crippen molar-refractivity contribution < 1.29 is 4.79 Å². The molecule has 0 saturated carbocycles. The molecule has 0 radical (unpaired) electrons. The van der Waals surface area contributed by atoms with E-state index in [2.05, 4.69) is 36.1 Å². The first-order chi connectivity index (χ1) is 14.4. The maximum Gasteiger partial charge on any atom is 0.280 e. The molecule has 0 aliphatic carbocycles. The van der Waals surface area contributed by atoms with Gasteiger partial charge in [0, 0.05) is 37.6 Å². The zero-order chi connectivity index (χ0) is 21.7. The standard InChI is InChI=1S/C19H22ClN9O/c1-2-11-7-12(9-24-8-11)10-29-5-3-13(4-6-29)25-19(23)28-18(30)14-16(21)27-17(22)15(20)26-14/h1,7-9,13H,3-6,10H2,(H4,21,22,27)(H3,23,25,28,30). The van der Waals surface area contributed by atoms with E-state index >= 15 is 0 Å². The van der Waals surface area contributed by atoms with Gasteiger partial charge in [0.2, 0.25) is 0 Å². The topological polar surface area (TPSA) is 161 Å². The van der Waals surface area contributed by atoms with Crippen molar-refractivity contribution in [1.82, 2.24) is 25.2 Å². The van der Waals surface area contributed by atoms with Crippen molar-refractivity contribution in [3.8, 4) is 12.3 Å². The fraction of sp³-hybridized carbons (Fsp3) is 0.316. The number of terminal acetylenes is 1. The Hall–Kier alpha value is -3.42. The average molecular weight is 428 g/mol. The number of nitrogens with one attached hydrogen (secondary N) is 1. The van der Waals surface area contributed by atoms with Crippen LogP contribution in [-0.4, -0.2) is 50.8 Å². The number of hydrogen-bond donors (Lipinski definition) is 4. The molecule has 1 aliphatic heterocycles. The number of amides is 1. The minimum Gasteiger partial charge on any atom is -0.382 e. The number of halogens is 1. The molecule has 2 aromatic heterocycles. The third-order valence-electron chi connectivity index (χ3n) is 4.61. The van der Waals surface area contributed by atoms with Crippen molar-refractivity contribution in [2.75, 3.05) is 24.6 Å². The van der Waals surface area contributed by atoms with Gasteiger partial charge in [0.1, 0.15) is 0 Å². The second-order valence-corrected chi connectivity index (χ2v) is 7.19. The van der Waals surface area contributed by atoms with Crippen LogP contribution in [0.3, 0.4) is 0 Å². The number of nitrogens with two attached hydrogens (primary N) is 3. The lowest BCUT2D eigenvalue weighted by Gasteiger charge is -2.30. The molecule has 1 amide bonds. The Morgan fingerprint density at radius 1 is 1.30 bits per heavy atom. The number of hydrogen-bond acceptors (Lipinski definition) is 8. The summed E-state index contributed by atoms with van der Waals surface area (Å²) in [6.07, 6.45) is 10.5. The monoisotopic (exact) mass is 427 g/mol. The summed E-state index contributed by atoms with van der Waals surface area (Å²) in [6, 6.07) is 1.96. The Balaban J connectivity index is 1.54. The van der Waals surface area contributed by atoms with Crippen molar-refractivity contribution in [1.29, 1.82) is 0 Å². The van der Waals surface area contributed by atoms with Crippen molar-refractivity contribution >= 4 is 35.1 Å². The van der Waals surface area contributed by atoms with Crippen LogP contribution in [0.5, 0.6) is 0 Å². The van der Waals surface area contributed by atoms with E-state index in [9.17, 15) is 4.79 Å². The second kappa shape index (κ2) is 9.39. The third kappa shape index (κ3) is 5.34. The Morgan fingerprint density at radius 2 is 2.03 bits per heavy atom. The number of piperidine rings is 1. The van der Waals surface area contributed by atoms with E-state index in [1.54, 1.807) is 6.20 Å². The number of rotatable bonds is 4. The minimum absolute atomic E-state index is 0.00449. The van der Waals surface area contributed by atoms with Crippen LogP contribution >= 0.6 is 11.6 Å². The Bertz CT molecular complexity index is 1010. The number of nitrogen functional groups attached to an aromatic ring is 2. The highest BCUT2D eigenvalue weighted by Crippen LogP contribution is 2.18. The number of pyridine rings is 1. The first-order valence-corrected chi connectivity index (χ1v) is 9.59. The summed E-state index contributed by atoms with van der Waals surface area (Å²) in [5.74, 6) is 1.73. The summed E-state index contributed by atoms with van der Waals surface area (Å²) in [5.41, 5.74) is 18.7. The number of nitrogens with zero attached hydrogens (tertiary/aromatic N) is 5.